The van der Waals surface area contributed by atoms with Gasteiger partial charge in [0.25, 0.3) is 0 Å². The molecule has 94 valence electrons. The zero-order valence-electron chi connectivity index (χ0n) is 10.5. The minimum Gasteiger partial charge on any atom is -0.493 e. The Labute approximate surface area is 110 Å². The number of hydrogen-bond donors (Lipinski definition) is 0. The van der Waals surface area contributed by atoms with Gasteiger partial charge in [0.2, 0.25) is 0 Å². The summed E-state index contributed by atoms with van der Waals surface area (Å²) in [5, 5.41) is 0. The number of aromatic nitrogens is 2. The first-order chi connectivity index (χ1) is 9.38. The quantitative estimate of drug-likeness (QED) is 0.668. The van der Waals surface area contributed by atoms with E-state index in [2.05, 4.69) is 0 Å². The number of para-hydroxylation sites is 1. The van der Waals surface area contributed by atoms with E-state index in [-0.39, 0.29) is 0 Å². The van der Waals surface area contributed by atoms with Gasteiger partial charge in [-0.1, -0.05) is 12.1 Å². The van der Waals surface area contributed by atoms with Crippen molar-refractivity contribution in [2.45, 2.75) is 6.61 Å². The number of ether oxygens (including phenoxy) is 2. The average Bonchev–Trinajstić information content (AvgIpc) is 2.86. The van der Waals surface area contributed by atoms with Crippen LogP contribution in [0.1, 0.15) is 5.69 Å². The Bertz CT molecular complexity index is 777. The van der Waals surface area contributed by atoms with Crippen molar-refractivity contribution in [2.24, 2.45) is 0 Å². The highest BCUT2D eigenvalue weighted by Crippen LogP contribution is 2.38. The Morgan fingerprint density at radius 1 is 1.21 bits per heavy atom. The van der Waals surface area contributed by atoms with Gasteiger partial charge in [-0.05, 0) is 24.3 Å². The highest BCUT2D eigenvalue weighted by molar-refractivity contribution is 5.75. The molecule has 0 atom stereocenters. The van der Waals surface area contributed by atoms with E-state index in [1.807, 2.05) is 47.0 Å². The Hall–Kier alpha value is -2.49. The van der Waals surface area contributed by atoms with E-state index in [1.54, 1.807) is 7.11 Å². The summed E-state index contributed by atoms with van der Waals surface area (Å²) < 4.78 is 13.2. The van der Waals surface area contributed by atoms with Crippen LogP contribution in [0.4, 0.5) is 0 Å². The van der Waals surface area contributed by atoms with Crippen LogP contribution in [-0.4, -0.2) is 16.5 Å². The maximum Gasteiger partial charge on any atom is 0.180 e. The maximum absolute atomic E-state index is 5.79. The van der Waals surface area contributed by atoms with Gasteiger partial charge in [-0.3, -0.25) is 4.40 Å². The molecule has 0 fully saturated rings. The van der Waals surface area contributed by atoms with Crippen molar-refractivity contribution in [2.75, 3.05) is 7.11 Å². The molecule has 1 aromatic carbocycles. The minimum atomic E-state index is 0.528. The number of imidazole rings is 1. The lowest BCUT2D eigenvalue weighted by molar-refractivity contribution is 0.296. The molecule has 4 rings (SSSR count). The molecule has 1 aliphatic heterocycles. The lowest BCUT2D eigenvalue weighted by Gasteiger charge is -2.16. The molecule has 3 heterocycles. The van der Waals surface area contributed by atoms with E-state index in [9.17, 15) is 0 Å². The summed E-state index contributed by atoms with van der Waals surface area (Å²) in [6, 6.07) is 11.8. The monoisotopic (exact) mass is 252 g/mol. The Kier molecular flexibility index (Phi) is 2.06. The summed E-state index contributed by atoms with van der Waals surface area (Å²) >= 11 is 0. The normalized spacial score (nSPS) is 12.7. The molecule has 4 nitrogen and oxygen atoms in total. The topological polar surface area (TPSA) is 35.8 Å². The molecule has 3 aromatic rings. The Balaban J connectivity index is 2.07. The van der Waals surface area contributed by atoms with Crippen molar-refractivity contribution >= 4 is 5.65 Å². The van der Waals surface area contributed by atoms with E-state index >= 15 is 0 Å². The van der Waals surface area contributed by atoms with Crippen LogP contribution in [-0.2, 0) is 6.61 Å². The maximum atomic E-state index is 5.79. The summed E-state index contributed by atoms with van der Waals surface area (Å²) in [6.45, 7) is 0.528. The second-order valence-corrected chi connectivity index (χ2v) is 4.46. The first-order valence-electron chi connectivity index (χ1n) is 6.14. The summed E-state index contributed by atoms with van der Waals surface area (Å²) in [5.41, 5.74) is 3.91. The molecule has 0 saturated carbocycles. The number of nitrogens with zero attached hydrogens (tertiary/aromatic N) is 2. The van der Waals surface area contributed by atoms with Gasteiger partial charge >= 0.3 is 0 Å². The van der Waals surface area contributed by atoms with E-state index < -0.39 is 0 Å². The molecule has 0 saturated heterocycles. The average molecular weight is 252 g/mol. The summed E-state index contributed by atoms with van der Waals surface area (Å²) in [5.74, 6) is 1.66. The van der Waals surface area contributed by atoms with Gasteiger partial charge in [0, 0.05) is 11.8 Å². The highest BCUT2D eigenvalue weighted by Gasteiger charge is 2.23. The Morgan fingerprint density at radius 2 is 2.11 bits per heavy atom. The van der Waals surface area contributed by atoms with Crippen LogP contribution in [0.5, 0.6) is 11.5 Å². The number of rotatable bonds is 1. The van der Waals surface area contributed by atoms with Crippen molar-refractivity contribution < 1.29 is 9.47 Å². The predicted molar refractivity (Wildman–Crippen MR) is 71.5 cm³/mol. The molecule has 0 amide bonds. The van der Waals surface area contributed by atoms with Crippen LogP contribution in [0.3, 0.4) is 0 Å². The molecule has 19 heavy (non-hydrogen) atoms. The molecule has 0 aliphatic carbocycles. The third kappa shape index (κ3) is 1.37. The molecule has 0 spiro atoms. The molecule has 1 aliphatic rings. The predicted octanol–water partition coefficient (Wildman–Crippen LogP) is 2.90. The zero-order chi connectivity index (χ0) is 12.8. The summed E-state index contributed by atoms with van der Waals surface area (Å²) in [4.78, 5) is 4.72. The smallest absolute Gasteiger partial charge is 0.180 e. The minimum absolute atomic E-state index is 0.528. The van der Waals surface area contributed by atoms with Crippen LogP contribution in [0.2, 0.25) is 0 Å². The number of benzene rings is 1. The van der Waals surface area contributed by atoms with Gasteiger partial charge in [-0.2, -0.15) is 0 Å². The third-order valence-corrected chi connectivity index (χ3v) is 3.44. The molecule has 0 N–H and O–H groups in total. The van der Waals surface area contributed by atoms with E-state index in [0.29, 0.717) is 6.61 Å². The third-order valence-electron chi connectivity index (χ3n) is 3.44. The first-order valence-corrected chi connectivity index (χ1v) is 6.14. The molecule has 0 radical (unpaired) electrons. The fourth-order valence-electron chi connectivity index (χ4n) is 2.54. The largest absolute Gasteiger partial charge is 0.493 e. The van der Waals surface area contributed by atoms with E-state index in [4.69, 9.17) is 14.5 Å². The van der Waals surface area contributed by atoms with Gasteiger partial charge in [0.05, 0.1) is 18.5 Å². The summed E-state index contributed by atoms with van der Waals surface area (Å²) in [7, 11) is 1.66. The van der Waals surface area contributed by atoms with Crippen LogP contribution < -0.4 is 9.47 Å². The fourth-order valence-corrected chi connectivity index (χ4v) is 2.54. The van der Waals surface area contributed by atoms with Crippen LogP contribution in [0, 0.1) is 0 Å². The van der Waals surface area contributed by atoms with Crippen LogP contribution in [0.15, 0.2) is 42.6 Å². The van der Waals surface area contributed by atoms with Crippen molar-refractivity contribution in [3.8, 4) is 22.8 Å². The van der Waals surface area contributed by atoms with Gasteiger partial charge < -0.3 is 9.47 Å². The highest BCUT2D eigenvalue weighted by atomic mass is 16.5. The van der Waals surface area contributed by atoms with Crippen molar-refractivity contribution in [1.82, 2.24) is 9.38 Å². The van der Waals surface area contributed by atoms with E-state index in [0.717, 1.165) is 34.1 Å². The molecule has 4 heteroatoms. The molecular weight excluding hydrogens is 240 g/mol. The van der Waals surface area contributed by atoms with Gasteiger partial charge in [0.15, 0.2) is 11.4 Å². The van der Waals surface area contributed by atoms with Crippen LogP contribution >= 0.6 is 0 Å². The zero-order valence-corrected chi connectivity index (χ0v) is 10.5. The molecule has 0 unspecified atom stereocenters. The van der Waals surface area contributed by atoms with Crippen LogP contribution in [0.25, 0.3) is 16.9 Å². The molecule has 2 aromatic heterocycles. The number of hydrogen-bond acceptors (Lipinski definition) is 3. The lowest BCUT2D eigenvalue weighted by atomic mass is 10.1. The second kappa shape index (κ2) is 3.75. The SMILES string of the molecule is COc1cccn2c3c(nc12)-c1ccccc1OC3. The summed E-state index contributed by atoms with van der Waals surface area (Å²) in [6.07, 6.45) is 1.99. The fraction of sp³-hybridized carbons (Fsp3) is 0.133. The van der Waals surface area contributed by atoms with Crippen molar-refractivity contribution in [1.29, 1.82) is 0 Å². The molecular formula is C15H12N2O2. The number of pyridine rings is 1. The van der Waals surface area contributed by atoms with Crippen molar-refractivity contribution in [3.63, 3.8) is 0 Å². The van der Waals surface area contributed by atoms with Gasteiger partial charge in [0.1, 0.15) is 12.4 Å². The second-order valence-electron chi connectivity index (χ2n) is 4.46. The lowest BCUT2D eigenvalue weighted by Crippen LogP contribution is -2.06. The number of fused-ring (bicyclic) bond motifs is 5. The van der Waals surface area contributed by atoms with Gasteiger partial charge in [-0.15, -0.1) is 0 Å². The van der Waals surface area contributed by atoms with Gasteiger partial charge in [-0.25, -0.2) is 4.98 Å². The molecule has 0 bridgehead atoms. The van der Waals surface area contributed by atoms with E-state index in [1.165, 1.54) is 0 Å². The number of methoxy groups -OCH3 is 1. The first kappa shape index (κ1) is 10.4. The Morgan fingerprint density at radius 3 is 3.00 bits per heavy atom. The standard InChI is InChI=1S/C15H12N2O2/c1-18-13-7-4-8-17-11-9-19-12-6-3-2-5-10(12)14(11)16-15(13)17/h2-8H,9H2,1H3. The van der Waals surface area contributed by atoms with Crippen molar-refractivity contribution in [3.05, 3.63) is 48.3 Å².